The van der Waals surface area contributed by atoms with Gasteiger partial charge in [0.15, 0.2) is 11.5 Å². The Hall–Kier alpha value is -2.82. The van der Waals surface area contributed by atoms with Crippen molar-refractivity contribution in [3.8, 4) is 17.2 Å². The van der Waals surface area contributed by atoms with Gasteiger partial charge in [0.25, 0.3) is 5.56 Å². The van der Waals surface area contributed by atoms with Gasteiger partial charge in [-0.25, -0.2) is 18.2 Å². The molecule has 3 aromatic rings. The maximum atomic E-state index is 12.9. The Morgan fingerprint density at radius 1 is 1.27 bits per heavy atom. The van der Waals surface area contributed by atoms with Crippen LogP contribution < -0.4 is 30.7 Å². The van der Waals surface area contributed by atoms with Crippen LogP contribution >= 0.6 is 15.9 Å². The van der Waals surface area contributed by atoms with Gasteiger partial charge in [-0.15, -0.1) is 0 Å². The van der Waals surface area contributed by atoms with Crippen molar-refractivity contribution in [1.82, 2.24) is 9.78 Å². The molecule has 2 aromatic carbocycles. The number of aromatic nitrogens is 2. The molecule has 0 spiro atoms. The number of primary sulfonamides is 1. The Bertz CT molecular complexity index is 1360. The lowest BCUT2D eigenvalue weighted by Crippen LogP contribution is -2.34. The molecule has 1 aromatic heterocycles. The Balaban J connectivity index is 2.12. The van der Waals surface area contributed by atoms with Crippen molar-refractivity contribution in [2.75, 3.05) is 13.7 Å². The molecular weight excluding hydrogens is 474 g/mol. The average molecular weight is 494 g/mol. The standard InChI is InChI=1S/C20H20BrN3O5S/c1-4-29-18-11-13(10-17(21)19(18)28-3)9-16-12(2)23-24(20(16)25)14-5-7-15(8-6-14)30(22,26)27/h5-11,23H,2,4H2,1,3H3,(H2,22,26,27)/b16-9-. The molecule has 8 nitrogen and oxygen atoms in total. The maximum Gasteiger partial charge on any atom is 0.279 e. The Morgan fingerprint density at radius 2 is 1.93 bits per heavy atom. The second kappa shape index (κ2) is 8.50. The van der Waals surface area contributed by atoms with Crippen LogP contribution in [0.4, 0.5) is 0 Å². The number of sulfonamides is 1. The summed E-state index contributed by atoms with van der Waals surface area (Å²) in [7, 11) is -2.27. The van der Waals surface area contributed by atoms with Crippen LogP contribution in [0.5, 0.6) is 11.5 Å². The third-order valence-corrected chi connectivity index (χ3v) is 5.79. The van der Waals surface area contributed by atoms with Gasteiger partial charge in [0.05, 0.1) is 39.3 Å². The highest BCUT2D eigenvalue weighted by atomic mass is 79.9. The van der Waals surface area contributed by atoms with E-state index >= 15 is 0 Å². The summed E-state index contributed by atoms with van der Waals surface area (Å²) < 4.78 is 35.8. The van der Waals surface area contributed by atoms with Gasteiger partial charge >= 0.3 is 0 Å². The number of nitrogens with zero attached hydrogens (tertiary/aromatic N) is 1. The van der Waals surface area contributed by atoms with E-state index in [4.69, 9.17) is 14.6 Å². The molecular formula is C20H20BrN3O5S. The van der Waals surface area contributed by atoms with Crippen LogP contribution in [0.25, 0.3) is 18.3 Å². The lowest BCUT2D eigenvalue weighted by atomic mass is 10.1. The first kappa shape index (κ1) is 21.9. The molecule has 0 radical (unpaired) electrons. The summed E-state index contributed by atoms with van der Waals surface area (Å²) in [5.41, 5.74) is 0.819. The molecule has 0 aliphatic carbocycles. The first-order chi connectivity index (χ1) is 14.2. The van der Waals surface area contributed by atoms with Gasteiger partial charge in [0.2, 0.25) is 10.0 Å². The number of H-pyrrole nitrogens is 1. The van der Waals surface area contributed by atoms with Crippen molar-refractivity contribution in [3.63, 3.8) is 0 Å². The lowest BCUT2D eigenvalue weighted by Gasteiger charge is -2.11. The molecule has 10 heteroatoms. The fourth-order valence-electron chi connectivity index (χ4n) is 2.91. The molecule has 0 atom stereocenters. The molecule has 0 saturated heterocycles. The van der Waals surface area contributed by atoms with E-state index in [2.05, 4.69) is 27.6 Å². The number of halogens is 1. The highest BCUT2D eigenvalue weighted by molar-refractivity contribution is 9.10. The smallest absolute Gasteiger partial charge is 0.279 e. The first-order valence-electron chi connectivity index (χ1n) is 8.81. The van der Waals surface area contributed by atoms with Crippen LogP contribution in [0.1, 0.15) is 12.5 Å². The molecule has 3 N–H and O–H groups in total. The fourth-order valence-corrected chi connectivity index (χ4v) is 4.05. The van der Waals surface area contributed by atoms with Crippen molar-refractivity contribution >= 4 is 38.6 Å². The normalized spacial score (nSPS) is 12.2. The molecule has 3 rings (SSSR count). The second-order valence-electron chi connectivity index (χ2n) is 6.29. The maximum absolute atomic E-state index is 12.9. The number of nitrogens with two attached hydrogens (primary N) is 1. The Labute approximate surface area is 181 Å². The zero-order chi connectivity index (χ0) is 22.1. The van der Waals surface area contributed by atoms with E-state index in [1.807, 2.05) is 6.92 Å². The van der Waals surface area contributed by atoms with E-state index in [-0.39, 0.29) is 10.5 Å². The summed E-state index contributed by atoms with van der Waals surface area (Å²) in [4.78, 5) is 12.9. The monoisotopic (exact) mass is 493 g/mol. The third kappa shape index (κ3) is 4.35. The molecule has 158 valence electrons. The zero-order valence-electron chi connectivity index (χ0n) is 16.3. The Morgan fingerprint density at radius 3 is 2.50 bits per heavy atom. The minimum absolute atomic E-state index is 0.0426. The van der Waals surface area contributed by atoms with Gasteiger partial charge in [0, 0.05) is 0 Å². The summed E-state index contributed by atoms with van der Waals surface area (Å²) in [6.45, 7) is 6.23. The molecule has 0 fully saturated rings. The van der Waals surface area contributed by atoms with Crippen LogP contribution in [0.2, 0.25) is 0 Å². The number of aromatic amines is 1. The van der Waals surface area contributed by atoms with E-state index in [0.717, 1.165) is 0 Å². The molecule has 0 bridgehead atoms. The van der Waals surface area contributed by atoms with E-state index in [0.29, 0.717) is 44.4 Å². The number of benzene rings is 2. The van der Waals surface area contributed by atoms with Gasteiger partial charge in [0.1, 0.15) is 0 Å². The molecule has 0 amide bonds. The van der Waals surface area contributed by atoms with Crippen LogP contribution in [0.15, 0.2) is 50.6 Å². The molecule has 0 saturated carbocycles. The minimum Gasteiger partial charge on any atom is -0.492 e. The number of methoxy groups -OCH3 is 1. The summed E-state index contributed by atoms with van der Waals surface area (Å²) >= 11 is 3.45. The minimum atomic E-state index is -3.82. The Kier molecular flexibility index (Phi) is 6.20. The van der Waals surface area contributed by atoms with Gasteiger partial charge in [-0.2, -0.15) is 0 Å². The summed E-state index contributed by atoms with van der Waals surface area (Å²) in [6, 6.07) is 9.21. The van der Waals surface area contributed by atoms with Crippen molar-refractivity contribution in [2.45, 2.75) is 11.8 Å². The molecule has 0 unspecified atom stereocenters. The number of rotatable bonds is 6. The van der Waals surface area contributed by atoms with E-state index in [1.54, 1.807) is 25.3 Å². The number of ether oxygens (including phenoxy) is 2. The molecule has 1 heterocycles. The highest BCUT2D eigenvalue weighted by Gasteiger charge is 2.12. The van der Waals surface area contributed by atoms with Crippen LogP contribution in [-0.4, -0.2) is 31.9 Å². The number of hydrogen-bond donors (Lipinski definition) is 2. The predicted molar refractivity (Wildman–Crippen MR) is 118 cm³/mol. The summed E-state index contributed by atoms with van der Waals surface area (Å²) in [5.74, 6) is 1.10. The number of hydrogen-bond acceptors (Lipinski definition) is 5. The highest BCUT2D eigenvalue weighted by Crippen LogP contribution is 2.36. The zero-order valence-corrected chi connectivity index (χ0v) is 18.7. The topological polar surface area (TPSA) is 116 Å². The molecule has 0 aliphatic heterocycles. The van der Waals surface area contributed by atoms with Crippen LogP contribution in [0, 0.1) is 0 Å². The second-order valence-corrected chi connectivity index (χ2v) is 8.71. The molecule has 30 heavy (non-hydrogen) atoms. The van der Waals surface area contributed by atoms with Crippen molar-refractivity contribution < 1.29 is 17.9 Å². The molecule has 0 aliphatic rings. The van der Waals surface area contributed by atoms with Crippen LogP contribution in [-0.2, 0) is 10.0 Å². The van der Waals surface area contributed by atoms with Gasteiger partial charge in [-0.05, 0) is 70.9 Å². The largest absolute Gasteiger partial charge is 0.492 e. The van der Waals surface area contributed by atoms with Crippen molar-refractivity contribution in [2.24, 2.45) is 5.14 Å². The average Bonchev–Trinajstić information content (AvgIpc) is 2.96. The van der Waals surface area contributed by atoms with E-state index in [1.165, 1.54) is 28.9 Å². The first-order valence-corrected chi connectivity index (χ1v) is 11.1. The van der Waals surface area contributed by atoms with E-state index in [9.17, 15) is 13.2 Å². The quantitative estimate of drug-likeness (QED) is 0.535. The van der Waals surface area contributed by atoms with Gasteiger partial charge in [-0.3, -0.25) is 9.89 Å². The lowest BCUT2D eigenvalue weighted by molar-refractivity contribution is 0.310. The summed E-state index contributed by atoms with van der Waals surface area (Å²) in [6.07, 6.45) is 1.68. The van der Waals surface area contributed by atoms with Gasteiger partial charge < -0.3 is 9.47 Å². The van der Waals surface area contributed by atoms with Crippen molar-refractivity contribution in [1.29, 1.82) is 0 Å². The third-order valence-electron chi connectivity index (χ3n) is 4.28. The SMILES string of the molecule is C=c1[nH]n(-c2ccc(S(N)(=O)=O)cc2)c(=O)/c1=C\c1cc(Br)c(OC)c(OCC)c1. The summed E-state index contributed by atoms with van der Waals surface area (Å²) in [5, 5.41) is 8.77. The van der Waals surface area contributed by atoms with Crippen LogP contribution in [0.3, 0.4) is 0 Å². The van der Waals surface area contributed by atoms with Crippen molar-refractivity contribution in [3.05, 3.63) is 67.4 Å². The van der Waals surface area contributed by atoms with E-state index < -0.39 is 10.0 Å². The number of nitrogens with one attached hydrogen (secondary N) is 1. The predicted octanol–water partition coefficient (Wildman–Crippen LogP) is 1.22. The fraction of sp³-hybridized carbons (Fsp3) is 0.150. The van der Waals surface area contributed by atoms with Gasteiger partial charge in [-0.1, -0.05) is 6.58 Å².